The van der Waals surface area contributed by atoms with Crippen LogP contribution in [0.5, 0.6) is 0 Å². The molecule has 0 unspecified atom stereocenters. The Kier molecular flexibility index (Phi) is 8.37. The van der Waals surface area contributed by atoms with Gasteiger partial charge in [-0.25, -0.2) is 9.97 Å². The molecule has 0 spiro atoms. The van der Waals surface area contributed by atoms with Crippen LogP contribution in [0, 0.1) is 0 Å². The van der Waals surface area contributed by atoms with Crippen molar-refractivity contribution in [2.75, 3.05) is 0 Å². The molecule has 4 heteroatoms. The number of rotatable bonds is 5. The maximum atomic E-state index is 5.61. The van der Waals surface area contributed by atoms with E-state index in [-0.39, 0.29) is 0 Å². The molecule has 2 aliphatic carbocycles. The van der Waals surface area contributed by atoms with Crippen LogP contribution in [-0.2, 0) is 0 Å². The summed E-state index contributed by atoms with van der Waals surface area (Å²) in [6.07, 6.45) is 11.6. The molecule has 3 heterocycles. The summed E-state index contributed by atoms with van der Waals surface area (Å²) >= 11 is 0. The third-order valence-electron chi connectivity index (χ3n) is 16.0. The van der Waals surface area contributed by atoms with Crippen molar-refractivity contribution in [2.24, 2.45) is 0 Å². The normalized spacial score (nSPS) is 14.1. The van der Waals surface area contributed by atoms with E-state index in [1.165, 1.54) is 109 Å². The van der Waals surface area contributed by atoms with Crippen molar-refractivity contribution in [1.29, 1.82) is 0 Å². The Balaban J connectivity index is 0.964. The molecule has 72 heavy (non-hydrogen) atoms. The fraction of sp³-hybridized carbons (Fsp3) is 0.0588. The summed E-state index contributed by atoms with van der Waals surface area (Å²) in [6, 6.07) is 73.8. The Morgan fingerprint density at radius 2 is 0.917 bits per heavy atom. The number of nitrogens with zero attached hydrogens (tertiary/aromatic N) is 4. The van der Waals surface area contributed by atoms with Gasteiger partial charge in [0.2, 0.25) is 5.95 Å². The van der Waals surface area contributed by atoms with Gasteiger partial charge >= 0.3 is 0 Å². The first kappa shape index (κ1) is 39.7. The van der Waals surface area contributed by atoms with Gasteiger partial charge in [0.25, 0.3) is 0 Å². The van der Waals surface area contributed by atoms with Crippen LogP contribution in [0.3, 0.4) is 0 Å². The molecule has 0 radical (unpaired) electrons. The molecule has 0 amide bonds. The first-order chi connectivity index (χ1) is 35.7. The molecule has 11 aromatic carbocycles. The maximum absolute atomic E-state index is 5.61. The van der Waals surface area contributed by atoms with Crippen molar-refractivity contribution in [1.82, 2.24) is 19.1 Å². The van der Waals surface area contributed by atoms with Gasteiger partial charge in [-0.1, -0.05) is 176 Å². The minimum atomic E-state index is 0.663. The molecule has 4 nitrogen and oxygen atoms in total. The van der Waals surface area contributed by atoms with Crippen LogP contribution in [0.15, 0.2) is 230 Å². The number of para-hydroxylation sites is 3. The topological polar surface area (TPSA) is 35.6 Å². The monoisotopic (exact) mass is 916 g/mol. The van der Waals surface area contributed by atoms with Gasteiger partial charge in [-0.05, 0) is 145 Å². The zero-order chi connectivity index (χ0) is 47.0. The molecule has 3 aromatic heterocycles. The summed E-state index contributed by atoms with van der Waals surface area (Å²) in [4.78, 5) is 11.1. The van der Waals surface area contributed by atoms with Gasteiger partial charge in [0.15, 0.2) is 0 Å². The van der Waals surface area contributed by atoms with Crippen LogP contribution < -0.4 is 0 Å². The number of hydrogen-bond acceptors (Lipinski definition) is 2. The molecule has 0 bridgehead atoms. The van der Waals surface area contributed by atoms with E-state index in [4.69, 9.17) is 9.97 Å². The second-order valence-corrected chi connectivity index (χ2v) is 19.8. The second kappa shape index (κ2) is 15.2. The Morgan fingerprint density at radius 3 is 1.62 bits per heavy atom. The summed E-state index contributed by atoms with van der Waals surface area (Å²) in [5.74, 6) is 0.663. The smallest absolute Gasteiger partial charge is 0.235 e. The summed E-state index contributed by atoms with van der Waals surface area (Å²) < 4.78 is 4.80. The molecular weight excluding hydrogens is 873 g/mol. The Labute approximate surface area is 415 Å². The third-order valence-corrected chi connectivity index (χ3v) is 16.0. The van der Waals surface area contributed by atoms with Crippen LogP contribution in [-0.4, -0.2) is 19.1 Å². The number of aromatic nitrogens is 4. The SMILES string of the molecule is C1=CC2=C(CC1)C(c1ccc(-c3nc(-n4c5ccccc5c5c6cccc7c8cccc9c8c(cc8c9c9ccccc9n8-c8ccc(-c9ccccc9)cc8)c(cc54)c76)nc4ccccc34)cc1)=CCC2. The second-order valence-electron chi connectivity index (χ2n) is 19.8. The van der Waals surface area contributed by atoms with Crippen LogP contribution >= 0.6 is 0 Å². The van der Waals surface area contributed by atoms with E-state index in [9.17, 15) is 0 Å². The fourth-order valence-electron chi connectivity index (χ4n) is 12.9. The first-order valence-corrected chi connectivity index (χ1v) is 25.3. The van der Waals surface area contributed by atoms with Crippen molar-refractivity contribution >= 4 is 103 Å². The third kappa shape index (κ3) is 5.63. The quantitative estimate of drug-likeness (QED) is 0.127. The van der Waals surface area contributed by atoms with Gasteiger partial charge in [-0.3, -0.25) is 4.57 Å². The number of hydrogen-bond donors (Lipinski definition) is 0. The van der Waals surface area contributed by atoms with Crippen LogP contribution in [0.2, 0.25) is 0 Å². The van der Waals surface area contributed by atoms with E-state index in [0.717, 1.165) is 64.6 Å². The van der Waals surface area contributed by atoms with Gasteiger partial charge in [0.05, 0.1) is 33.3 Å². The van der Waals surface area contributed by atoms with Crippen molar-refractivity contribution in [2.45, 2.75) is 25.7 Å². The molecule has 2 aliphatic rings. The molecule has 0 aliphatic heterocycles. The van der Waals surface area contributed by atoms with Gasteiger partial charge in [0.1, 0.15) is 0 Å². The molecule has 0 saturated carbocycles. The lowest BCUT2D eigenvalue weighted by Crippen LogP contribution is -2.04. The lowest BCUT2D eigenvalue weighted by Gasteiger charge is -2.23. The van der Waals surface area contributed by atoms with Crippen LogP contribution in [0.25, 0.3) is 137 Å². The Morgan fingerprint density at radius 1 is 0.361 bits per heavy atom. The zero-order valence-electron chi connectivity index (χ0n) is 39.4. The molecule has 336 valence electrons. The number of fused-ring (bicyclic) bond motifs is 11. The van der Waals surface area contributed by atoms with E-state index in [1.54, 1.807) is 0 Å². The number of benzene rings is 11. The Bertz CT molecular complexity index is 4700. The van der Waals surface area contributed by atoms with Gasteiger partial charge in [-0.15, -0.1) is 0 Å². The minimum absolute atomic E-state index is 0.663. The molecular formula is C68H44N4. The summed E-state index contributed by atoms with van der Waals surface area (Å²) in [5, 5.41) is 16.0. The molecule has 16 rings (SSSR count). The highest BCUT2D eigenvalue weighted by Gasteiger charge is 2.25. The number of allylic oxidation sites excluding steroid dienone is 6. The molecule has 0 atom stereocenters. The highest BCUT2D eigenvalue weighted by molar-refractivity contribution is 6.41. The van der Waals surface area contributed by atoms with E-state index in [0.29, 0.717) is 5.95 Å². The van der Waals surface area contributed by atoms with Crippen molar-refractivity contribution in [3.05, 3.63) is 235 Å². The summed E-state index contributed by atoms with van der Waals surface area (Å²) in [7, 11) is 0. The Hall–Kier alpha value is -9.12. The van der Waals surface area contributed by atoms with E-state index in [1.807, 2.05) is 0 Å². The summed E-state index contributed by atoms with van der Waals surface area (Å²) in [5.41, 5.74) is 16.7. The highest BCUT2D eigenvalue weighted by Crippen LogP contribution is 2.49. The van der Waals surface area contributed by atoms with E-state index >= 15 is 0 Å². The molecule has 0 fully saturated rings. The van der Waals surface area contributed by atoms with Crippen LogP contribution in [0.1, 0.15) is 31.2 Å². The highest BCUT2D eigenvalue weighted by atomic mass is 15.2. The average Bonchev–Trinajstić information content (AvgIpc) is 3.97. The van der Waals surface area contributed by atoms with Crippen molar-refractivity contribution in [3.8, 4) is 34.0 Å². The van der Waals surface area contributed by atoms with Gasteiger partial charge < -0.3 is 4.57 Å². The van der Waals surface area contributed by atoms with Crippen molar-refractivity contribution < 1.29 is 0 Å². The molecule has 0 saturated heterocycles. The summed E-state index contributed by atoms with van der Waals surface area (Å²) in [6.45, 7) is 0. The largest absolute Gasteiger partial charge is 0.309 e. The van der Waals surface area contributed by atoms with E-state index in [2.05, 4.69) is 228 Å². The standard InChI is InChI=1S/C68H44N4/c1-2-15-41(16-3-1)42-35-37-46(38-36-42)71-59-29-10-7-21-52(59)65-54-26-13-24-49-50-25-14-27-55-64(50)57(56(63(49)54)39-61(65)71)40-62-66(55)53-22-8-11-30-60(53)72(62)68-69-58-28-9-6-20-51(58)67(70-68)45-33-31-44(32-34-45)48-23-12-18-43-17-4-5-19-47(43)48/h1-4,6-11,13-17,20-40H,5,12,18-19H2. The predicted molar refractivity (Wildman–Crippen MR) is 303 cm³/mol. The average molecular weight is 917 g/mol. The minimum Gasteiger partial charge on any atom is -0.309 e. The van der Waals surface area contributed by atoms with Gasteiger partial charge in [-0.2, -0.15) is 0 Å². The zero-order valence-corrected chi connectivity index (χ0v) is 39.4. The van der Waals surface area contributed by atoms with Crippen molar-refractivity contribution in [3.63, 3.8) is 0 Å². The maximum Gasteiger partial charge on any atom is 0.235 e. The van der Waals surface area contributed by atoms with E-state index < -0.39 is 0 Å². The molecule has 14 aromatic rings. The lowest BCUT2D eigenvalue weighted by atomic mass is 9.82. The predicted octanol–water partition coefficient (Wildman–Crippen LogP) is 18.0. The lowest BCUT2D eigenvalue weighted by molar-refractivity contribution is 0.892. The van der Waals surface area contributed by atoms with Gasteiger partial charge in [0, 0.05) is 38.2 Å². The first-order valence-electron chi connectivity index (χ1n) is 25.3. The van der Waals surface area contributed by atoms with Crippen LogP contribution in [0.4, 0.5) is 0 Å². The fourth-order valence-corrected chi connectivity index (χ4v) is 12.9. The molecule has 0 N–H and O–H groups in total.